The second-order valence-electron chi connectivity index (χ2n) is 4.00. The van der Waals surface area contributed by atoms with E-state index >= 15 is 0 Å². The number of aliphatic hydroxyl groups excluding tert-OH is 1. The van der Waals surface area contributed by atoms with Gasteiger partial charge in [-0.1, -0.05) is 18.2 Å². The molecule has 0 radical (unpaired) electrons. The molecule has 0 spiro atoms. The zero-order valence-corrected chi connectivity index (χ0v) is 8.56. The molecule has 94 valence electrons. The molecule has 0 fully saturated rings. The highest BCUT2D eigenvalue weighted by Gasteiger charge is 2.59. The zero-order valence-electron chi connectivity index (χ0n) is 8.56. The topological polar surface area (TPSA) is 20.2 Å². The van der Waals surface area contributed by atoms with Crippen molar-refractivity contribution >= 4 is 0 Å². The van der Waals surface area contributed by atoms with Crippen LogP contribution in [0, 0.1) is 0 Å². The Hall–Kier alpha value is -1.17. The molecule has 0 bridgehead atoms. The van der Waals surface area contributed by atoms with Crippen LogP contribution in [-0.2, 0) is 12.3 Å². The lowest BCUT2D eigenvalue weighted by Gasteiger charge is -2.22. The highest BCUT2D eigenvalue weighted by molar-refractivity contribution is 5.42. The van der Waals surface area contributed by atoms with Crippen molar-refractivity contribution in [3.8, 4) is 0 Å². The molecule has 2 rings (SSSR count). The summed E-state index contributed by atoms with van der Waals surface area (Å²) in [5, 5.41) is 9.45. The van der Waals surface area contributed by atoms with Crippen molar-refractivity contribution < 1.29 is 27.1 Å². The van der Waals surface area contributed by atoms with Gasteiger partial charge >= 0.3 is 12.1 Å². The van der Waals surface area contributed by atoms with E-state index in [0.29, 0.717) is 0 Å². The summed E-state index contributed by atoms with van der Waals surface area (Å²) in [4.78, 5) is 0. The van der Waals surface area contributed by atoms with Gasteiger partial charge in [-0.3, -0.25) is 0 Å². The van der Waals surface area contributed by atoms with Crippen molar-refractivity contribution in [3.05, 3.63) is 34.9 Å². The van der Waals surface area contributed by atoms with Crippen LogP contribution < -0.4 is 0 Å². The van der Waals surface area contributed by atoms with Crippen molar-refractivity contribution in [2.45, 2.75) is 31.0 Å². The maximum Gasteiger partial charge on any atom is 0.458 e. The highest BCUT2D eigenvalue weighted by Crippen LogP contribution is 2.47. The van der Waals surface area contributed by atoms with E-state index in [1.54, 1.807) is 0 Å². The van der Waals surface area contributed by atoms with Crippen LogP contribution in [0.1, 0.15) is 29.2 Å². The molecule has 1 aliphatic rings. The molecule has 0 amide bonds. The second kappa shape index (κ2) is 3.66. The molecule has 0 heterocycles. The van der Waals surface area contributed by atoms with Gasteiger partial charge in [0.2, 0.25) is 0 Å². The lowest BCUT2D eigenvalue weighted by molar-refractivity contribution is -0.289. The molecule has 1 aromatic carbocycles. The Labute approximate surface area is 93.9 Å². The number of hydrogen-bond acceptors (Lipinski definition) is 1. The first-order valence-electron chi connectivity index (χ1n) is 5.00. The third kappa shape index (κ3) is 1.80. The SMILES string of the molecule is OC1CCc2c1cccc2C(F)(F)C(F)(F)F. The molecular weight excluding hydrogens is 243 g/mol. The molecule has 17 heavy (non-hydrogen) atoms. The van der Waals surface area contributed by atoms with Crippen LogP contribution in [0.25, 0.3) is 0 Å². The van der Waals surface area contributed by atoms with Gasteiger partial charge in [0.15, 0.2) is 0 Å². The van der Waals surface area contributed by atoms with Crippen molar-refractivity contribution in [2.24, 2.45) is 0 Å². The largest absolute Gasteiger partial charge is 0.458 e. The number of halogens is 5. The predicted molar refractivity (Wildman–Crippen MR) is 49.7 cm³/mol. The summed E-state index contributed by atoms with van der Waals surface area (Å²) in [6, 6.07) is 3.26. The standard InChI is InChI=1S/C11H9F5O/c12-10(13,11(14,15)16)8-3-1-2-7-6(8)4-5-9(7)17/h1-3,9,17H,4-5H2. The number of aliphatic hydroxyl groups is 1. The van der Waals surface area contributed by atoms with Gasteiger partial charge in [-0.05, 0) is 24.0 Å². The molecule has 1 atom stereocenters. The van der Waals surface area contributed by atoms with Gasteiger partial charge < -0.3 is 5.11 Å². The van der Waals surface area contributed by atoms with Gasteiger partial charge in [-0.2, -0.15) is 22.0 Å². The average molecular weight is 252 g/mol. The Morgan fingerprint density at radius 2 is 1.76 bits per heavy atom. The number of alkyl halides is 5. The van der Waals surface area contributed by atoms with Crippen molar-refractivity contribution in [2.75, 3.05) is 0 Å². The van der Waals surface area contributed by atoms with Crippen LogP contribution in [0.4, 0.5) is 22.0 Å². The minimum Gasteiger partial charge on any atom is -0.388 e. The Morgan fingerprint density at radius 3 is 2.35 bits per heavy atom. The average Bonchev–Trinajstić information content (AvgIpc) is 2.59. The first-order chi connectivity index (χ1) is 7.75. The fourth-order valence-corrected chi connectivity index (χ4v) is 2.08. The Bertz CT molecular complexity index is 438. The quantitative estimate of drug-likeness (QED) is 0.760. The highest BCUT2D eigenvalue weighted by atomic mass is 19.4. The fraction of sp³-hybridized carbons (Fsp3) is 0.455. The van der Waals surface area contributed by atoms with Crippen LogP contribution in [0.5, 0.6) is 0 Å². The zero-order chi connectivity index (χ0) is 12.8. The molecule has 1 unspecified atom stereocenters. The number of hydrogen-bond donors (Lipinski definition) is 1. The van der Waals surface area contributed by atoms with E-state index in [1.165, 1.54) is 6.07 Å². The first kappa shape index (κ1) is 12.3. The molecule has 6 heteroatoms. The third-order valence-corrected chi connectivity index (χ3v) is 2.93. The smallest absolute Gasteiger partial charge is 0.388 e. The van der Waals surface area contributed by atoms with Gasteiger partial charge in [0, 0.05) is 5.56 Å². The maximum absolute atomic E-state index is 13.2. The van der Waals surface area contributed by atoms with Crippen molar-refractivity contribution in [1.82, 2.24) is 0 Å². The summed E-state index contributed by atoms with van der Waals surface area (Å²) in [7, 11) is 0. The van der Waals surface area contributed by atoms with Crippen LogP contribution in [0.15, 0.2) is 18.2 Å². The van der Waals surface area contributed by atoms with Gasteiger partial charge in [0.1, 0.15) is 0 Å². The summed E-state index contributed by atoms with van der Waals surface area (Å²) in [6.45, 7) is 0. The van der Waals surface area contributed by atoms with E-state index in [-0.39, 0.29) is 24.0 Å². The van der Waals surface area contributed by atoms with Gasteiger partial charge in [-0.25, -0.2) is 0 Å². The molecule has 1 nitrogen and oxygen atoms in total. The Balaban J connectivity index is 2.55. The van der Waals surface area contributed by atoms with E-state index in [4.69, 9.17) is 0 Å². The molecule has 0 aliphatic heterocycles. The summed E-state index contributed by atoms with van der Waals surface area (Å²) in [5.74, 6) is -4.87. The summed E-state index contributed by atoms with van der Waals surface area (Å²) < 4.78 is 63.3. The van der Waals surface area contributed by atoms with Gasteiger partial charge in [0.05, 0.1) is 6.10 Å². The maximum atomic E-state index is 13.2. The van der Waals surface area contributed by atoms with Crippen LogP contribution >= 0.6 is 0 Å². The molecule has 0 saturated carbocycles. The summed E-state index contributed by atoms with van der Waals surface area (Å²) >= 11 is 0. The normalized spacial score (nSPS) is 20.5. The van der Waals surface area contributed by atoms with Crippen LogP contribution in [0.2, 0.25) is 0 Å². The molecule has 1 N–H and O–H groups in total. The number of fused-ring (bicyclic) bond motifs is 1. The predicted octanol–water partition coefficient (Wildman–Crippen LogP) is 3.32. The fourth-order valence-electron chi connectivity index (χ4n) is 2.08. The number of rotatable bonds is 1. The number of benzene rings is 1. The molecular formula is C11H9F5O. The van der Waals surface area contributed by atoms with Gasteiger partial charge in [-0.15, -0.1) is 0 Å². The van der Waals surface area contributed by atoms with E-state index in [1.807, 2.05) is 0 Å². The van der Waals surface area contributed by atoms with Crippen LogP contribution in [0.3, 0.4) is 0 Å². The van der Waals surface area contributed by atoms with Gasteiger partial charge in [0.25, 0.3) is 0 Å². The third-order valence-electron chi connectivity index (χ3n) is 2.93. The Kier molecular flexibility index (Phi) is 2.65. The monoisotopic (exact) mass is 252 g/mol. The summed E-state index contributed by atoms with van der Waals surface area (Å²) in [5.41, 5.74) is -0.951. The molecule has 1 aliphatic carbocycles. The summed E-state index contributed by atoms with van der Waals surface area (Å²) in [6.07, 6.45) is -6.34. The molecule has 0 aromatic heterocycles. The minimum absolute atomic E-state index is 0.0400. The Morgan fingerprint density at radius 1 is 1.12 bits per heavy atom. The molecule has 1 aromatic rings. The van der Waals surface area contributed by atoms with E-state index in [9.17, 15) is 27.1 Å². The van der Waals surface area contributed by atoms with Crippen molar-refractivity contribution in [1.29, 1.82) is 0 Å². The second-order valence-corrected chi connectivity index (χ2v) is 4.00. The van der Waals surface area contributed by atoms with E-state index < -0.39 is 23.8 Å². The van der Waals surface area contributed by atoms with Crippen LogP contribution in [-0.4, -0.2) is 11.3 Å². The van der Waals surface area contributed by atoms with E-state index in [2.05, 4.69) is 0 Å². The molecule has 0 saturated heterocycles. The lowest BCUT2D eigenvalue weighted by Crippen LogP contribution is -2.34. The van der Waals surface area contributed by atoms with Crippen molar-refractivity contribution in [3.63, 3.8) is 0 Å². The first-order valence-corrected chi connectivity index (χ1v) is 5.00. The minimum atomic E-state index is -5.62. The lowest BCUT2D eigenvalue weighted by atomic mass is 9.97. The van der Waals surface area contributed by atoms with E-state index in [0.717, 1.165) is 12.1 Å².